The summed E-state index contributed by atoms with van der Waals surface area (Å²) in [6.45, 7) is 6.42. The molecule has 0 saturated carbocycles. The van der Waals surface area contributed by atoms with E-state index in [0.717, 1.165) is 18.6 Å². The number of benzene rings is 3. The Hall–Kier alpha value is -2.28. The molecule has 1 radical (unpaired) electrons. The number of hydrogen-bond acceptors (Lipinski definition) is 1. The van der Waals surface area contributed by atoms with E-state index in [2.05, 4.69) is 87.9 Å². The van der Waals surface area contributed by atoms with Gasteiger partial charge in [-0.25, -0.2) is 0 Å². The van der Waals surface area contributed by atoms with Crippen LogP contribution in [0.3, 0.4) is 0 Å². The van der Waals surface area contributed by atoms with Crippen LogP contribution in [0.4, 0.5) is 0 Å². The van der Waals surface area contributed by atoms with Crippen LogP contribution in [0.15, 0.2) is 60.7 Å². The summed E-state index contributed by atoms with van der Waals surface area (Å²) in [5.41, 5.74) is 3.87. The van der Waals surface area contributed by atoms with Crippen LogP contribution in [0.1, 0.15) is 42.6 Å². The monoisotopic (exact) mass is 317 g/mol. The summed E-state index contributed by atoms with van der Waals surface area (Å²) in [5.74, 6) is 0.968. The molecule has 1 heteroatoms. The lowest BCUT2D eigenvalue weighted by Crippen LogP contribution is -2.10. The van der Waals surface area contributed by atoms with Gasteiger partial charge in [0, 0.05) is 5.39 Å². The van der Waals surface area contributed by atoms with E-state index in [4.69, 9.17) is 4.74 Å². The summed E-state index contributed by atoms with van der Waals surface area (Å²) in [6.07, 6.45) is 4.32. The molecular formula is C23H25O. The second-order valence-electron chi connectivity index (χ2n) is 6.43. The third kappa shape index (κ3) is 3.62. The molecule has 0 saturated heterocycles. The fourth-order valence-electron chi connectivity index (χ4n) is 3.15. The highest BCUT2D eigenvalue weighted by molar-refractivity contribution is 5.88. The van der Waals surface area contributed by atoms with Gasteiger partial charge in [-0.2, -0.15) is 0 Å². The van der Waals surface area contributed by atoms with Gasteiger partial charge < -0.3 is 4.74 Å². The Kier molecular flexibility index (Phi) is 5.20. The van der Waals surface area contributed by atoms with Crippen molar-refractivity contribution in [3.63, 3.8) is 0 Å². The molecule has 1 unspecified atom stereocenters. The summed E-state index contributed by atoms with van der Waals surface area (Å²) in [6, 6.07) is 21.3. The lowest BCUT2D eigenvalue weighted by molar-refractivity contribution is 0.197. The summed E-state index contributed by atoms with van der Waals surface area (Å²) in [4.78, 5) is 0. The van der Waals surface area contributed by atoms with E-state index < -0.39 is 0 Å². The van der Waals surface area contributed by atoms with Gasteiger partial charge in [-0.05, 0) is 55.7 Å². The number of rotatable bonds is 6. The number of hydrogen-bond donors (Lipinski definition) is 0. The molecule has 1 nitrogen and oxygen atoms in total. The van der Waals surface area contributed by atoms with Gasteiger partial charge in [-0.3, -0.25) is 0 Å². The van der Waals surface area contributed by atoms with Crippen LogP contribution >= 0.6 is 0 Å². The molecule has 0 fully saturated rings. The molecular weight excluding hydrogens is 292 g/mol. The predicted molar refractivity (Wildman–Crippen MR) is 102 cm³/mol. The molecule has 3 aromatic rings. The Morgan fingerprint density at radius 1 is 0.958 bits per heavy atom. The first kappa shape index (κ1) is 16.6. The van der Waals surface area contributed by atoms with E-state index in [1.54, 1.807) is 0 Å². The van der Waals surface area contributed by atoms with Gasteiger partial charge in [-0.15, -0.1) is 0 Å². The molecule has 24 heavy (non-hydrogen) atoms. The summed E-state index contributed by atoms with van der Waals surface area (Å²) < 4.78 is 6.53. The summed E-state index contributed by atoms with van der Waals surface area (Å²) in [5, 5.41) is 2.40. The van der Waals surface area contributed by atoms with Gasteiger partial charge in [0.25, 0.3) is 0 Å². The molecule has 0 aliphatic rings. The molecule has 0 amide bonds. The molecule has 0 N–H and O–H groups in total. The average Bonchev–Trinajstić information content (AvgIpc) is 2.61. The quantitative estimate of drug-likeness (QED) is 0.499. The Morgan fingerprint density at radius 2 is 1.75 bits per heavy atom. The second-order valence-corrected chi connectivity index (χ2v) is 6.43. The van der Waals surface area contributed by atoms with Crippen molar-refractivity contribution in [3.8, 4) is 5.75 Å². The minimum Gasteiger partial charge on any atom is -0.485 e. The van der Waals surface area contributed by atoms with Gasteiger partial charge >= 0.3 is 0 Å². The van der Waals surface area contributed by atoms with Crippen molar-refractivity contribution < 1.29 is 4.74 Å². The maximum absolute atomic E-state index is 6.53. The minimum atomic E-state index is 0.0758. The van der Waals surface area contributed by atoms with Crippen molar-refractivity contribution in [3.05, 3.63) is 83.8 Å². The molecule has 3 rings (SSSR count). The van der Waals surface area contributed by atoms with Crippen molar-refractivity contribution in [1.82, 2.24) is 0 Å². The van der Waals surface area contributed by atoms with Crippen LogP contribution in [0.2, 0.25) is 0 Å². The van der Waals surface area contributed by atoms with Gasteiger partial charge in [0.1, 0.15) is 11.9 Å². The zero-order valence-corrected chi connectivity index (χ0v) is 14.8. The third-order valence-electron chi connectivity index (χ3n) is 4.52. The Bertz CT molecular complexity index is 814. The number of unbranched alkanes of at least 4 members (excludes halogenated alkanes) is 1. The first-order chi connectivity index (χ1) is 11.7. The predicted octanol–water partition coefficient (Wildman–Crippen LogP) is 6.58. The van der Waals surface area contributed by atoms with E-state index in [1.807, 2.05) is 0 Å². The zero-order valence-electron chi connectivity index (χ0n) is 14.8. The number of fused-ring (bicyclic) bond motifs is 1. The van der Waals surface area contributed by atoms with Crippen molar-refractivity contribution in [2.24, 2.45) is 0 Å². The van der Waals surface area contributed by atoms with E-state index in [0.29, 0.717) is 0 Å². The third-order valence-corrected chi connectivity index (χ3v) is 4.52. The molecule has 0 aliphatic heterocycles. The van der Waals surface area contributed by atoms with E-state index >= 15 is 0 Å². The maximum atomic E-state index is 6.53. The highest BCUT2D eigenvalue weighted by Gasteiger charge is 2.17. The van der Waals surface area contributed by atoms with Crippen LogP contribution in [-0.2, 0) is 0 Å². The fraction of sp³-hybridized carbons (Fsp3) is 0.261. The van der Waals surface area contributed by atoms with Crippen LogP contribution in [-0.4, -0.2) is 0 Å². The van der Waals surface area contributed by atoms with Crippen molar-refractivity contribution >= 4 is 10.8 Å². The molecule has 0 heterocycles. The van der Waals surface area contributed by atoms with Crippen LogP contribution < -0.4 is 4.74 Å². The van der Waals surface area contributed by atoms with E-state index in [9.17, 15) is 0 Å². The Morgan fingerprint density at radius 3 is 2.58 bits per heavy atom. The fourth-order valence-corrected chi connectivity index (χ4v) is 3.15. The van der Waals surface area contributed by atoms with Crippen molar-refractivity contribution in [1.29, 1.82) is 0 Å². The standard InChI is InChI=1S/C23H25O/c1-4-5-12-23(21-16-17(2)14-15-18(21)3)24-22-13-8-10-19-9-6-7-11-20(19)22/h4,6-11,13-16,23H,5,12H2,1-3H3. The SMILES string of the molecule is C[CH]CCC(Oc1cccc2ccccc12)c1cc(C)ccc1C. The van der Waals surface area contributed by atoms with Crippen molar-refractivity contribution in [2.75, 3.05) is 0 Å². The second kappa shape index (κ2) is 7.53. The van der Waals surface area contributed by atoms with Gasteiger partial charge in [0.2, 0.25) is 0 Å². The number of aryl methyl sites for hydroxylation is 2. The maximum Gasteiger partial charge on any atom is 0.128 e. The Balaban J connectivity index is 1.98. The van der Waals surface area contributed by atoms with Crippen LogP contribution in [0, 0.1) is 20.3 Å². The number of ether oxygens (including phenoxy) is 1. The average molecular weight is 317 g/mol. The summed E-state index contributed by atoms with van der Waals surface area (Å²) in [7, 11) is 0. The molecule has 3 aromatic carbocycles. The van der Waals surface area contributed by atoms with E-state index in [-0.39, 0.29) is 6.10 Å². The van der Waals surface area contributed by atoms with Gasteiger partial charge in [0.15, 0.2) is 0 Å². The Labute approximate surface area is 145 Å². The highest BCUT2D eigenvalue weighted by Crippen LogP contribution is 2.33. The molecule has 0 aromatic heterocycles. The minimum absolute atomic E-state index is 0.0758. The lowest BCUT2D eigenvalue weighted by Gasteiger charge is -2.22. The van der Waals surface area contributed by atoms with Gasteiger partial charge in [-0.1, -0.05) is 67.1 Å². The van der Waals surface area contributed by atoms with Crippen LogP contribution in [0.25, 0.3) is 10.8 Å². The smallest absolute Gasteiger partial charge is 0.128 e. The van der Waals surface area contributed by atoms with Crippen LogP contribution in [0.5, 0.6) is 5.75 Å². The van der Waals surface area contributed by atoms with E-state index in [1.165, 1.54) is 27.5 Å². The molecule has 0 spiro atoms. The van der Waals surface area contributed by atoms with Crippen molar-refractivity contribution in [2.45, 2.75) is 39.7 Å². The lowest BCUT2D eigenvalue weighted by atomic mass is 9.97. The molecule has 0 bridgehead atoms. The molecule has 1 atom stereocenters. The normalized spacial score (nSPS) is 12.3. The topological polar surface area (TPSA) is 9.23 Å². The molecule has 123 valence electrons. The van der Waals surface area contributed by atoms with Gasteiger partial charge in [0.05, 0.1) is 0 Å². The first-order valence-electron chi connectivity index (χ1n) is 8.68. The molecule has 0 aliphatic carbocycles. The zero-order chi connectivity index (χ0) is 16.9. The largest absolute Gasteiger partial charge is 0.485 e. The first-order valence-corrected chi connectivity index (χ1v) is 8.68. The highest BCUT2D eigenvalue weighted by atomic mass is 16.5. The summed E-state index contributed by atoms with van der Waals surface area (Å²) >= 11 is 0.